The molecule has 2 amide bonds. The lowest BCUT2D eigenvalue weighted by Gasteiger charge is -2.32. The lowest BCUT2D eigenvalue weighted by Crippen LogP contribution is -2.49. The minimum Gasteiger partial charge on any atom is -0.481 e. The van der Waals surface area contributed by atoms with Crippen molar-refractivity contribution in [3.05, 3.63) is 36.5 Å². The van der Waals surface area contributed by atoms with Gasteiger partial charge in [0.2, 0.25) is 6.41 Å². The summed E-state index contributed by atoms with van der Waals surface area (Å²) in [5.74, 6) is 0.538. The predicted molar refractivity (Wildman–Crippen MR) is 81.5 cm³/mol. The summed E-state index contributed by atoms with van der Waals surface area (Å²) in [4.78, 5) is 30.5. The number of carbonyl (C=O) groups is 2. The summed E-state index contributed by atoms with van der Waals surface area (Å²) < 4.78 is 5.65. The standard InChI is InChI=1S/C16H17N3O3/c20-12-18-7-9-19(10-8-18)15(21)11-22-14-5-1-3-13-4-2-6-17-16(13)14/h1-6,12H,7-11H2. The van der Waals surface area contributed by atoms with E-state index in [1.165, 1.54) is 0 Å². The van der Waals surface area contributed by atoms with Gasteiger partial charge in [-0.05, 0) is 12.1 Å². The average molecular weight is 299 g/mol. The first kappa shape index (κ1) is 14.3. The van der Waals surface area contributed by atoms with Crippen LogP contribution in [-0.2, 0) is 9.59 Å². The molecule has 6 nitrogen and oxygen atoms in total. The third kappa shape index (κ3) is 3.00. The fourth-order valence-electron chi connectivity index (χ4n) is 2.50. The van der Waals surface area contributed by atoms with Gasteiger partial charge in [-0.15, -0.1) is 0 Å². The van der Waals surface area contributed by atoms with Gasteiger partial charge in [0.15, 0.2) is 6.61 Å². The summed E-state index contributed by atoms with van der Waals surface area (Å²) in [6.45, 7) is 2.23. The van der Waals surface area contributed by atoms with Crippen LogP contribution in [0.4, 0.5) is 0 Å². The molecule has 0 spiro atoms. The molecule has 2 heterocycles. The van der Waals surface area contributed by atoms with Gasteiger partial charge in [0.25, 0.3) is 5.91 Å². The second-order valence-electron chi connectivity index (χ2n) is 5.14. The minimum atomic E-state index is -0.0708. The number of carbonyl (C=O) groups excluding carboxylic acids is 2. The van der Waals surface area contributed by atoms with E-state index in [4.69, 9.17) is 4.74 Å². The van der Waals surface area contributed by atoms with Crippen molar-refractivity contribution in [1.29, 1.82) is 0 Å². The Labute approximate surface area is 128 Å². The molecule has 1 aromatic heterocycles. The van der Waals surface area contributed by atoms with E-state index in [2.05, 4.69) is 4.98 Å². The summed E-state index contributed by atoms with van der Waals surface area (Å²) in [5.41, 5.74) is 0.753. The van der Waals surface area contributed by atoms with Gasteiger partial charge in [-0.25, -0.2) is 0 Å². The summed E-state index contributed by atoms with van der Waals surface area (Å²) >= 11 is 0. The Morgan fingerprint density at radius 2 is 1.95 bits per heavy atom. The Hall–Kier alpha value is -2.63. The number of rotatable bonds is 4. The third-order valence-electron chi connectivity index (χ3n) is 3.76. The molecule has 1 aromatic carbocycles. The first-order chi connectivity index (χ1) is 10.8. The lowest BCUT2D eigenvalue weighted by molar-refractivity contribution is -0.137. The number of piperazine rings is 1. The second kappa shape index (κ2) is 6.43. The van der Waals surface area contributed by atoms with Crippen LogP contribution < -0.4 is 4.74 Å². The average Bonchev–Trinajstić information content (AvgIpc) is 2.59. The normalized spacial score (nSPS) is 14.9. The van der Waals surface area contributed by atoms with Crippen molar-refractivity contribution in [2.75, 3.05) is 32.8 Å². The number of amides is 2. The number of pyridine rings is 1. The Balaban J connectivity index is 1.62. The van der Waals surface area contributed by atoms with Crippen molar-refractivity contribution < 1.29 is 14.3 Å². The predicted octanol–water partition coefficient (Wildman–Crippen LogP) is 0.914. The van der Waals surface area contributed by atoms with Gasteiger partial charge >= 0.3 is 0 Å². The molecule has 6 heteroatoms. The van der Waals surface area contributed by atoms with Gasteiger partial charge in [-0.3, -0.25) is 14.6 Å². The van der Waals surface area contributed by atoms with Crippen molar-refractivity contribution in [2.45, 2.75) is 0 Å². The van der Waals surface area contributed by atoms with E-state index in [1.807, 2.05) is 30.3 Å². The van der Waals surface area contributed by atoms with Gasteiger partial charge in [0, 0.05) is 37.8 Å². The topological polar surface area (TPSA) is 62.7 Å². The Kier molecular flexibility index (Phi) is 4.18. The Bertz CT molecular complexity index is 676. The fourth-order valence-corrected chi connectivity index (χ4v) is 2.50. The molecule has 0 atom stereocenters. The number of hydrogen-bond donors (Lipinski definition) is 0. The highest BCUT2D eigenvalue weighted by atomic mass is 16.5. The van der Waals surface area contributed by atoms with Crippen LogP contribution in [0, 0.1) is 0 Å². The molecule has 0 bridgehead atoms. The molecule has 2 aromatic rings. The van der Waals surface area contributed by atoms with Crippen LogP contribution in [0.2, 0.25) is 0 Å². The molecule has 3 rings (SSSR count). The van der Waals surface area contributed by atoms with E-state index in [0.29, 0.717) is 31.9 Å². The largest absolute Gasteiger partial charge is 0.481 e. The summed E-state index contributed by atoms with van der Waals surface area (Å²) in [7, 11) is 0. The fraction of sp³-hybridized carbons (Fsp3) is 0.312. The molecule has 0 radical (unpaired) electrons. The van der Waals surface area contributed by atoms with Gasteiger partial charge in [-0.1, -0.05) is 18.2 Å². The van der Waals surface area contributed by atoms with Crippen LogP contribution >= 0.6 is 0 Å². The molecule has 1 aliphatic heterocycles. The molecule has 114 valence electrons. The van der Waals surface area contributed by atoms with E-state index in [-0.39, 0.29) is 12.5 Å². The van der Waals surface area contributed by atoms with Crippen LogP contribution in [-0.4, -0.2) is 59.9 Å². The van der Waals surface area contributed by atoms with Crippen molar-refractivity contribution >= 4 is 23.2 Å². The van der Waals surface area contributed by atoms with Crippen LogP contribution in [0.15, 0.2) is 36.5 Å². The summed E-state index contributed by atoms with van der Waals surface area (Å²) in [6.07, 6.45) is 2.52. The SMILES string of the molecule is O=CN1CCN(C(=O)COc2cccc3cccnc23)CC1. The third-order valence-corrected chi connectivity index (χ3v) is 3.76. The first-order valence-corrected chi connectivity index (χ1v) is 7.21. The molecule has 1 aliphatic rings. The van der Waals surface area contributed by atoms with Gasteiger partial charge < -0.3 is 14.5 Å². The van der Waals surface area contributed by atoms with E-state index in [0.717, 1.165) is 17.3 Å². The zero-order valence-corrected chi connectivity index (χ0v) is 12.1. The molecule has 0 unspecified atom stereocenters. The summed E-state index contributed by atoms with van der Waals surface area (Å²) in [6, 6.07) is 9.47. The highest BCUT2D eigenvalue weighted by molar-refractivity contribution is 5.85. The minimum absolute atomic E-state index is 0.0171. The summed E-state index contributed by atoms with van der Waals surface area (Å²) in [5, 5.41) is 0.979. The van der Waals surface area contributed by atoms with E-state index in [1.54, 1.807) is 16.0 Å². The molecule has 0 saturated carbocycles. The Morgan fingerprint density at radius 1 is 1.18 bits per heavy atom. The van der Waals surface area contributed by atoms with Crippen LogP contribution in [0.25, 0.3) is 10.9 Å². The second-order valence-corrected chi connectivity index (χ2v) is 5.14. The monoisotopic (exact) mass is 299 g/mol. The number of ether oxygens (including phenoxy) is 1. The van der Waals surface area contributed by atoms with Crippen LogP contribution in [0.5, 0.6) is 5.75 Å². The number of aromatic nitrogens is 1. The van der Waals surface area contributed by atoms with E-state index < -0.39 is 0 Å². The van der Waals surface area contributed by atoms with Crippen molar-refractivity contribution in [1.82, 2.24) is 14.8 Å². The smallest absolute Gasteiger partial charge is 0.260 e. The molecular weight excluding hydrogens is 282 g/mol. The van der Waals surface area contributed by atoms with Crippen molar-refractivity contribution in [3.8, 4) is 5.75 Å². The zero-order valence-electron chi connectivity index (χ0n) is 12.1. The zero-order chi connectivity index (χ0) is 15.4. The van der Waals surface area contributed by atoms with Crippen molar-refractivity contribution in [2.24, 2.45) is 0 Å². The number of hydrogen-bond acceptors (Lipinski definition) is 4. The number of para-hydroxylation sites is 1. The maximum Gasteiger partial charge on any atom is 0.260 e. The van der Waals surface area contributed by atoms with Gasteiger partial charge in [-0.2, -0.15) is 0 Å². The molecule has 0 N–H and O–H groups in total. The number of benzene rings is 1. The maximum absolute atomic E-state index is 12.2. The quantitative estimate of drug-likeness (QED) is 0.787. The Morgan fingerprint density at radius 3 is 2.73 bits per heavy atom. The first-order valence-electron chi connectivity index (χ1n) is 7.21. The van der Waals surface area contributed by atoms with Crippen molar-refractivity contribution in [3.63, 3.8) is 0 Å². The maximum atomic E-state index is 12.2. The molecule has 0 aliphatic carbocycles. The molecule has 1 fully saturated rings. The number of nitrogens with zero attached hydrogens (tertiary/aromatic N) is 3. The van der Waals surface area contributed by atoms with Gasteiger partial charge in [0.1, 0.15) is 11.3 Å². The highest BCUT2D eigenvalue weighted by Crippen LogP contribution is 2.22. The van der Waals surface area contributed by atoms with Crippen LogP contribution in [0.3, 0.4) is 0 Å². The van der Waals surface area contributed by atoms with Crippen LogP contribution in [0.1, 0.15) is 0 Å². The number of fused-ring (bicyclic) bond motifs is 1. The highest BCUT2D eigenvalue weighted by Gasteiger charge is 2.20. The lowest BCUT2D eigenvalue weighted by atomic mass is 10.2. The van der Waals surface area contributed by atoms with E-state index in [9.17, 15) is 9.59 Å². The van der Waals surface area contributed by atoms with E-state index >= 15 is 0 Å². The molecule has 1 saturated heterocycles. The van der Waals surface area contributed by atoms with Gasteiger partial charge in [0.05, 0.1) is 0 Å². The molecular formula is C16H17N3O3. The molecule has 22 heavy (non-hydrogen) atoms.